The number of guanidine groups is 1. The topological polar surface area (TPSA) is 41.4 Å². The number of aliphatic imine (C=N–C) groups is 1. The van der Waals surface area contributed by atoms with E-state index in [9.17, 15) is 0 Å². The molecule has 0 atom stereocenters. The number of rotatable bonds is 4. The van der Waals surface area contributed by atoms with E-state index in [2.05, 4.69) is 34.0 Å². The Morgan fingerprint density at radius 2 is 2.00 bits per heavy atom. The molecule has 2 N–H and O–H groups in total. The summed E-state index contributed by atoms with van der Waals surface area (Å²) < 4.78 is 1.85. The Morgan fingerprint density at radius 3 is 2.50 bits per heavy atom. The van der Waals surface area contributed by atoms with Gasteiger partial charge in [-0.2, -0.15) is 0 Å². The van der Waals surface area contributed by atoms with Crippen molar-refractivity contribution >= 4 is 64.5 Å². The number of thiophene rings is 1. The molecular formula is C14H19Cl2IN4S. The second kappa shape index (κ2) is 9.00. The summed E-state index contributed by atoms with van der Waals surface area (Å²) in [4.78, 5) is 5.52. The molecule has 0 aliphatic rings. The zero-order chi connectivity index (χ0) is 15.4. The van der Waals surface area contributed by atoms with E-state index in [-0.39, 0.29) is 24.0 Å². The zero-order valence-corrected chi connectivity index (χ0v) is 17.3. The highest BCUT2D eigenvalue weighted by Crippen LogP contribution is 2.24. The molecule has 0 fully saturated rings. The zero-order valence-electron chi connectivity index (χ0n) is 12.6. The van der Waals surface area contributed by atoms with Crippen LogP contribution >= 0.6 is 58.5 Å². The van der Waals surface area contributed by atoms with Gasteiger partial charge >= 0.3 is 0 Å². The number of aryl methyl sites for hydroxylation is 1. The van der Waals surface area contributed by atoms with Gasteiger partial charge in [-0.25, -0.2) is 0 Å². The average Bonchev–Trinajstić information content (AvgIpc) is 2.98. The molecule has 0 amide bonds. The maximum atomic E-state index is 6.05. The third-order valence-electron chi connectivity index (χ3n) is 3.26. The Balaban J connectivity index is 0.00000242. The second-order valence-corrected chi connectivity index (χ2v) is 6.41. The molecule has 0 radical (unpaired) electrons. The van der Waals surface area contributed by atoms with Gasteiger partial charge in [-0.15, -0.1) is 35.3 Å². The Kier molecular flexibility index (Phi) is 8.02. The Bertz CT molecular complexity index is 651. The predicted octanol–water partition coefficient (Wildman–Crippen LogP) is 4.19. The van der Waals surface area contributed by atoms with Gasteiger partial charge in [-0.1, -0.05) is 23.2 Å². The van der Waals surface area contributed by atoms with Gasteiger partial charge < -0.3 is 15.2 Å². The van der Waals surface area contributed by atoms with Crippen molar-refractivity contribution in [2.24, 2.45) is 12.0 Å². The molecule has 0 bridgehead atoms. The van der Waals surface area contributed by atoms with Gasteiger partial charge in [0.15, 0.2) is 5.96 Å². The first-order chi connectivity index (χ1) is 10.0. The Labute approximate surface area is 161 Å². The number of aromatic nitrogens is 1. The fraction of sp³-hybridized carbons (Fsp3) is 0.357. The van der Waals surface area contributed by atoms with Crippen LogP contribution in [0.5, 0.6) is 0 Å². The Hall–Kier alpha value is -0.440. The van der Waals surface area contributed by atoms with Crippen molar-refractivity contribution < 1.29 is 0 Å². The largest absolute Gasteiger partial charge is 0.352 e. The molecule has 0 aliphatic heterocycles. The summed E-state index contributed by atoms with van der Waals surface area (Å²) in [5.74, 6) is 0.747. The quantitative estimate of drug-likeness (QED) is 0.398. The van der Waals surface area contributed by atoms with Crippen LogP contribution in [-0.4, -0.2) is 17.6 Å². The van der Waals surface area contributed by atoms with E-state index >= 15 is 0 Å². The summed E-state index contributed by atoms with van der Waals surface area (Å²) in [6.45, 7) is 3.47. The van der Waals surface area contributed by atoms with Crippen LogP contribution < -0.4 is 10.6 Å². The third-order valence-corrected chi connectivity index (χ3v) is 5.13. The van der Waals surface area contributed by atoms with Gasteiger partial charge in [0.25, 0.3) is 0 Å². The smallest absolute Gasteiger partial charge is 0.191 e. The molecule has 0 unspecified atom stereocenters. The van der Waals surface area contributed by atoms with Crippen LogP contribution in [0.1, 0.15) is 16.1 Å². The highest BCUT2D eigenvalue weighted by molar-refractivity contribution is 14.0. The highest BCUT2D eigenvalue weighted by Gasteiger charge is 2.09. The first-order valence-corrected chi connectivity index (χ1v) is 8.13. The fourth-order valence-electron chi connectivity index (χ4n) is 1.90. The number of hydrogen-bond donors (Lipinski definition) is 2. The summed E-state index contributed by atoms with van der Waals surface area (Å²) in [7, 11) is 3.64. The maximum Gasteiger partial charge on any atom is 0.191 e. The van der Waals surface area contributed by atoms with E-state index in [0.717, 1.165) is 18.2 Å². The lowest BCUT2D eigenvalue weighted by molar-refractivity contribution is 0.751. The second-order valence-electron chi connectivity index (χ2n) is 4.64. The first-order valence-electron chi connectivity index (χ1n) is 6.50. The first kappa shape index (κ1) is 19.6. The Morgan fingerprint density at radius 1 is 1.32 bits per heavy atom. The van der Waals surface area contributed by atoms with Gasteiger partial charge in [-0.3, -0.25) is 4.99 Å². The van der Waals surface area contributed by atoms with Gasteiger partial charge in [0.05, 0.1) is 18.1 Å². The van der Waals surface area contributed by atoms with Crippen molar-refractivity contribution in [3.8, 4) is 0 Å². The van der Waals surface area contributed by atoms with Crippen LogP contribution in [-0.2, 0) is 20.1 Å². The minimum Gasteiger partial charge on any atom is -0.352 e. The molecule has 0 spiro atoms. The van der Waals surface area contributed by atoms with E-state index in [1.54, 1.807) is 18.4 Å². The normalized spacial score (nSPS) is 11.2. The van der Waals surface area contributed by atoms with Gasteiger partial charge in [0.2, 0.25) is 0 Å². The summed E-state index contributed by atoms with van der Waals surface area (Å²) in [5, 5.41) is 9.76. The minimum absolute atomic E-state index is 0. The molecule has 2 aromatic rings. The third kappa shape index (κ3) is 4.78. The molecule has 0 saturated heterocycles. The molecule has 2 aromatic heterocycles. The van der Waals surface area contributed by atoms with Crippen LogP contribution in [0.4, 0.5) is 0 Å². The lowest BCUT2D eigenvalue weighted by Gasteiger charge is -2.12. The molecule has 122 valence electrons. The van der Waals surface area contributed by atoms with Crippen molar-refractivity contribution in [2.45, 2.75) is 20.0 Å². The molecule has 22 heavy (non-hydrogen) atoms. The minimum atomic E-state index is 0. The summed E-state index contributed by atoms with van der Waals surface area (Å²) in [6.07, 6.45) is 0. The van der Waals surface area contributed by atoms with E-state index in [1.165, 1.54) is 10.4 Å². The molecule has 8 heteroatoms. The van der Waals surface area contributed by atoms with Crippen molar-refractivity contribution in [1.82, 2.24) is 15.2 Å². The number of halogens is 3. The molecular weight excluding hydrogens is 454 g/mol. The standard InChI is InChI=1S/C14H18Cl2N4S.HI/c1-9-4-5-21-12(9)8-19-14(17-2)18-7-10-6-11(15)13(16)20(10)3;/h4-6H,7-8H2,1-3H3,(H2,17,18,19);1H. The van der Waals surface area contributed by atoms with Crippen LogP contribution in [0.3, 0.4) is 0 Å². The molecule has 4 nitrogen and oxygen atoms in total. The van der Waals surface area contributed by atoms with E-state index in [1.807, 2.05) is 17.7 Å². The van der Waals surface area contributed by atoms with E-state index < -0.39 is 0 Å². The summed E-state index contributed by atoms with van der Waals surface area (Å²) >= 11 is 13.8. The highest BCUT2D eigenvalue weighted by atomic mass is 127. The molecule has 0 aliphatic carbocycles. The number of nitrogens with zero attached hydrogens (tertiary/aromatic N) is 2. The van der Waals surface area contributed by atoms with Crippen LogP contribution in [0, 0.1) is 6.92 Å². The number of hydrogen-bond acceptors (Lipinski definition) is 2. The SMILES string of the molecule is CN=C(NCc1sccc1C)NCc1cc(Cl)c(Cl)n1C.I. The molecule has 0 saturated carbocycles. The molecule has 2 heterocycles. The van der Waals surface area contributed by atoms with Gasteiger partial charge in [-0.05, 0) is 30.0 Å². The predicted molar refractivity (Wildman–Crippen MR) is 107 cm³/mol. The summed E-state index contributed by atoms with van der Waals surface area (Å²) in [6, 6.07) is 3.97. The van der Waals surface area contributed by atoms with Crippen molar-refractivity contribution in [1.29, 1.82) is 0 Å². The monoisotopic (exact) mass is 472 g/mol. The van der Waals surface area contributed by atoms with Crippen molar-refractivity contribution in [3.63, 3.8) is 0 Å². The van der Waals surface area contributed by atoms with Crippen LogP contribution in [0.25, 0.3) is 0 Å². The van der Waals surface area contributed by atoms with Crippen molar-refractivity contribution in [3.05, 3.63) is 43.8 Å². The van der Waals surface area contributed by atoms with Gasteiger partial charge in [0, 0.05) is 24.7 Å². The molecule has 2 rings (SSSR count). The average molecular weight is 473 g/mol. The fourth-order valence-corrected chi connectivity index (χ4v) is 3.16. The van der Waals surface area contributed by atoms with Gasteiger partial charge in [0.1, 0.15) is 5.15 Å². The van der Waals surface area contributed by atoms with Crippen LogP contribution in [0.15, 0.2) is 22.5 Å². The van der Waals surface area contributed by atoms with E-state index in [0.29, 0.717) is 16.7 Å². The summed E-state index contributed by atoms with van der Waals surface area (Å²) in [5.41, 5.74) is 2.30. The molecule has 0 aromatic carbocycles. The number of nitrogens with one attached hydrogen (secondary N) is 2. The lowest BCUT2D eigenvalue weighted by Crippen LogP contribution is -2.36. The maximum absolute atomic E-state index is 6.05. The van der Waals surface area contributed by atoms with Crippen molar-refractivity contribution in [2.75, 3.05) is 7.05 Å². The lowest BCUT2D eigenvalue weighted by atomic mass is 10.3. The van der Waals surface area contributed by atoms with E-state index in [4.69, 9.17) is 23.2 Å². The van der Waals surface area contributed by atoms with Crippen LogP contribution in [0.2, 0.25) is 10.2 Å².